The van der Waals surface area contributed by atoms with Gasteiger partial charge in [-0.3, -0.25) is 4.90 Å². The molecule has 22 heavy (non-hydrogen) atoms. The van der Waals surface area contributed by atoms with Gasteiger partial charge in [-0.1, -0.05) is 12.1 Å². The third-order valence-electron chi connectivity index (χ3n) is 3.67. The average molecular weight is 305 g/mol. The zero-order chi connectivity index (χ0) is 16.2. The fraction of sp³-hybridized carbons (Fsp3) is 0.588. The number of anilines is 1. The molecule has 0 bridgehead atoms. The number of nitrogens with two attached hydrogens (primary N) is 1. The average Bonchev–Trinajstić information content (AvgIpc) is 2.39. The minimum Gasteiger partial charge on any atom is -0.444 e. The van der Waals surface area contributed by atoms with Gasteiger partial charge in [-0.15, -0.1) is 0 Å². The van der Waals surface area contributed by atoms with E-state index in [2.05, 4.69) is 16.3 Å². The van der Waals surface area contributed by atoms with Crippen LogP contribution in [0.3, 0.4) is 0 Å². The molecule has 0 aliphatic carbocycles. The minimum absolute atomic E-state index is 0.201. The Morgan fingerprint density at radius 3 is 2.64 bits per heavy atom. The number of amides is 1. The van der Waals surface area contributed by atoms with E-state index in [0.29, 0.717) is 0 Å². The predicted octanol–water partition coefficient (Wildman–Crippen LogP) is 2.76. The molecule has 0 aromatic heterocycles. The summed E-state index contributed by atoms with van der Waals surface area (Å²) >= 11 is 0. The van der Waals surface area contributed by atoms with Gasteiger partial charge in [-0.05, 0) is 51.3 Å². The van der Waals surface area contributed by atoms with Gasteiger partial charge in [0.1, 0.15) is 5.60 Å². The van der Waals surface area contributed by atoms with E-state index < -0.39 is 5.60 Å². The van der Waals surface area contributed by atoms with Gasteiger partial charge >= 0.3 is 6.09 Å². The van der Waals surface area contributed by atoms with Crippen molar-refractivity contribution in [2.24, 2.45) is 0 Å². The molecule has 5 nitrogen and oxygen atoms in total. The van der Waals surface area contributed by atoms with E-state index in [1.165, 1.54) is 5.56 Å². The molecule has 2 rings (SSSR count). The summed E-state index contributed by atoms with van der Waals surface area (Å²) in [5, 5.41) is 2.96. The molecule has 1 amide bonds. The summed E-state index contributed by atoms with van der Waals surface area (Å²) in [4.78, 5) is 14.2. The van der Waals surface area contributed by atoms with E-state index in [4.69, 9.17) is 10.5 Å². The Morgan fingerprint density at radius 2 is 2.05 bits per heavy atom. The van der Waals surface area contributed by atoms with E-state index >= 15 is 0 Å². The van der Waals surface area contributed by atoms with Crippen molar-refractivity contribution >= 4 is 11.8 Å². The summed E-state index contributed by atoms with van der Waals surface area (Å²) in [6.07, 6.45) is 1.57. The van der Waals surface area contributed by atoms with Crippen LogP contribution in [-0.4, -0.2) is 35.7 Å². The van der Waals surface area contributed by atoms with Gasteiger partial charge in [0.2, 0.25) is 0 Å². The van der Waals surface area contributed by atoms with Crippen LogP contribution in [0.2, 0.25) is 0 Å². The molecule has 5 heteroatoms. The zero-order valence-electron chi connectivity index (χ0n) is 13.8. The van der Waals surface area contributed by atoms with Gasteiger partial charge in [0.25, 0.3) is 0 Å². The monoisotopic (exact) mass is 305 g/mol. The van der Waals surface area contributed by atoms with Crippen LogP contribution in [0.1, 0.15) is 39.2 Å². The Hall–Kier alpha value is -1.75. The third-order valence-corrected chi connectivity index (χ3v) is 3.67. The topological polar surface area (TPSA) is 67.6 Å². The van der Waals surface area contributed by atoms with E-state index in [-0.39, 0.29) is 12.1 Å². The van der Waals surface area contributed by atoms with Crippen LogP contribution in [0.15, 0.2) is 24.3 Å². The fourth-order valence-electron chi connectivity index (χ4n) is 2.66. The lowest BCUT2D eigenvalue weighted by Gasteiger charge is -2.32. The van der Waals surface area contributed by atoms with Crippen LogP contribution in [0.4, 0.5) is 10.5 Å². The first-order valence-electron chi connectivity index (χ1n) is 7.88. The summed E-state index contributed by atoms with van der Waals surface area (Å²) in [5.41, 5.74) is 7.40. The fourth-order valence-corrected chi connectivity index (χ4v) is 2.66. The Labute approximate surface area is 132 Å². The highest BCUT2D eigenvalue weighted by Gasteiger charge is 2.23. The molecule has 0 saturated carbocycles. The summed E-state index contributed by atoms with van der Waals surface area (Å²) in [6.45, 7) is 8.47. The van der Waals surface area contributed by atoms with Crippen LogP contribution in [0.25, 0.3) is 0 Å². The first kappa shape index (κ1) is 16.6. The summed E-state index contributed by atoms with van der Waals surface area (Å²) in [6, 6.07) is 8.21. The molecule has 122 valence electrons. The van der Waals surface area contributed by atoms with Crippen LogP contribution in [0, 0.1) is 0 Å². The van der Waals surface area contributed by atoms with Crippen molar-refractivity contribution in [2.75, 3.05) is 18.8 Å². The van der Waals surface area contributed by atoms with Gasteiger partial charge in [0.05, 0.1) is 0 Å². The number of piperidine rings is 1. The van der Waals surface area contributed by atoms with Gasteiger partial charge in [-0.2, -0.15) is 0 Å². The molecule has 1 aliphatic rings. The second kappa shape index (κ2) is 7.01. The Balaban J connectivity index is 1.75. The highest BCUT2D eigenvalue weighted by Crippen LogP contribution is 2.16. The van der Waals surface area contributed by atoms with Crippen molar-refractivity contribution in [3.8, 4) is 0 Å². The van der Waals surface area contributed by atoms with Crippen molar-refractivity contribution in [1.29, 1.82) is 0 Å². The number of alkyl carbamates (subject to hydrolysis) is 1. The van der Waals surface area contributed by atoms with E-state index in [1.54, 1.807) is 0 Å². The smallest absolute Gasteiger partial charge is 0.407 e. The number of nitrogen functional groups attached to an aromatic ring is 1. The summed E-state index contributed by atoms with van der Waals surface area (Å²) < 4.78 is 5.30. The Kier molecular flexibility index (Phi) is 5.29. The molecule has 0 spiro atoms. The van der Waals surface area contributed by atoms with Crippen LogP contribution in [0.5, 0.6) is 0 Å². The van der Waals surface area contributed by atoms with Crippen molar-refractivity contribution in [2.45, 2.75) is 51.8 Å². The lowest BCUT2D eigenvalue weighted by atomic mass is 10.0. The van der Waals surface area contributed by atoms with Crippen LogP contribution in [-0.2, 0) is 11.3 Å². The second-order valence-corrected chi connectivity index (χ2v) is 6.94. The largest absolute Gasteiger partial charge is 0.444 e. The number of ether oxygens (including phenoxy) is 1. The lowest BCUT2D eigenvalue weighted by molar-refractivity contribution is 0.0477. The molecule has 1 fully saturated rings. The predicted molar refractivity (Wildman–Crippen MR) is 88.5 cm³/mol. The number of likely N-dealkylation sites (tertiary alicyclic amines) is 1. The molecule has 1 aliphatic heterocycles. The van der Waals surface area contributed by atoms with Crippen LogP contribution < -0.4 is 11.1 Å². The van der Waals surface area contributed by atoms with Gasteiger partial charge in [0.15, 0.2) is 0 Å². The number of hydrogen-bond donors (Lipinski definition) is 2. The maximum atomic E-state index is 11.8. The van der Waals surface area contributed by atoms with E-state index in [9.17, 15) is 4.79 Å². The quantitative estimate of drug-likeness (QED) is 0.843. The Morgan fingerprint density at radius 1 is 1.36 bits per heavy atom. The molecule has 0 unspecified atom stereocenters. The molecule has 1 heterocycles. The Bertz CT molecular complexity index is 503. The number of carbonyl (C=O) groups is 1. The molecule has 1 aromatic rings. The number of hydrogen-bond acceptors (Lipinski definition) is 4. The third kappa shape index (κ3) is 5.56. The molecular formula is C17H27N3O2. The normalized spacial score (nSPS) is 17.2. The van der Waals surface area contributed by atoms with Crippen molar-refractivity contribution in [3.63, 3.8) is 0 Å². The first-order chi connectivity index (χ1) is 10.3. The summed E-state index contributed by atoms with van der Waals surface area (Å²) in [5.74, 6) is 0. The maximum absolute atomic E-state index is 11.8. The SMILES string of the molecule is CC(C)(C)OC(=O)NC1CCN(Cc2cccc(N)c2)CC1. The molecule has 1 aromatic carbocycles. The molecule has 0 atom stereocenters. The van der Waals surface area contributed by atoms with Crippen molar-refractivity contribution in [1.82, 2.24) is 10.2 Å². The van der Waals surface area contributed by atoms with Crippen LogP contribution >= 0.6 is 0 Å². The number of benzene rings is 1. The van der Waals surface area contributed by atoms with Gasteiger partial charge < -0.3 is 15.8 Å². The molecule has 1 saturated heterocycles. The van der Waals surface area contributed by atoms with Gasteiger partial charge in [-0.25, -0.2) is 4.79 Å². The molecule has 3 N–H and O–H groups in total. The zero-order valence-corrected chi connectivity index (χ0v) is 13.8. The minimum atomic E-state index is -0.446. The maximum Gasteiger partial charge on any atom is 0.407 e. The van der Waals surface area contributed by atoms with Gasteiger partial charge in [0, 0.05) is 31.4 Å². The number of carbonyl (C=O) groups excluding carboxylic acids is 1. The molecular weight excluding hydrogens is 278 g/mol. The number of nitrogens with one attached hydrogen (secondary N) is 1. The van der Waals surface area contributed by atoms with Crippen molar-refractivity contribution in [3.05, 3.63) is 29.8 Å². The lowest BCUT2D eigenvalue weighted by Crippen LogP contribution is -2.45. The first-order valence-corrected chi connectivity index (χ1v) is 7.88. The highest BCUT2D eigenvalue weighted by atomic mass is 16.6. The number of nitrogens with zero attached hydrogens (tertiary/aromatic N) is 1. The van der Waals surface area contributed by atoms with E-state index in [0.717, 1.165) is 38.2 Å². The second-order valence-electron chi connectivity index (χ2n) is 6.94. The number of rotatable bonds is 3. The van der Waals surface area contributed by atoms with Crippen molar-refractivity contribution < 1.29 is 9.53 Å². The standard InChI is InChI=1S/C17H27N3O2/c1-17(2,3)22-16(21)19-15-7-9-20(10-8-15)12-13-5-4-6-14(18)11-13/h4-6,11,15H,7-10,12,18H2,1-3H3,(H,19,21). The highest BCUT2D eigenvalue weighted by molar-refractivity contribution is 5.68. The van der Waals surface area contributed by atoms with E-state index in [1.807, 2.05) is 39.0 Å². The summed E-state index contributed by atoms with van der Waals surface area (Å²) in [7, 11) is 0. The molecule has 0 radical (unpaired) electrons.